The molecule has 104 valence electrons. The minimum Gasteiger partial charge on any atom is -0.868 e. The molecule has 0 aromatic heterocycles. The molecule has 10 heteroatoms. The normalized spacial score (nSPS) is 12.7. The number of nitro benzene ring substituents is 1. The maximum atomic E-state index is 11.9. The number of carbonyl (C=O) groups is 3. The summed E-state index contributed by atoms with van der Waals surface area (Å²) in [7, 11) is 1.08. The van der Waals surface area contributed by atoms with Crippen LogP contribution in [0.25, 0.3) is 0 Å². The van der Waals surface area contributed by atoms with E-state index in [9.17, 15) is 29.6 Å². The van der Waals surface area contributed by atoms with Gasteiger partial charge in [0, 0.05) is 6.07 Å². The SMILES string of the molecule is COC(=O)CN1C(=O)c2cc([O-])c([N+](=O)[O-])cc2C1=O.[K+]. The monoisotopic (exact) mass is 318 g/mol. The van der Waals surface area contributed by atoms with E-state index >= 15 is 0 Å². The first-order valence-corrected chi connectivity index (χ1v) is 5.29. The van der Waals surface area contributed by atoms with Gasteiger partial charge in [0.05, 0.1) is 23.2 Å². The van der Waals surface area contributed by atoms with Gasteiger partial charge in [-0.15, -0.1) is 0 Å². The second-order valence-corrected chi connectivity index (χ2v) is 3.90. The Balaban J connectivity index is 0.00000220. The van der Waals surface area contributed by atoms with Crippen LogP contribution in [-0.4, -0.2) is 41.3 Å². The number of imide groups is 1. The molecule has 0 atom stereocenters. The van der Waals surface area contributed by atoms with Crippen LogP contribution < -0.4 is 56.5 Å². The second kappa shape index (κ2) is 6.62. The number of methoxy groups -OCH3 is 1. The summed E-state index contributed by atoms with van der Waals surface area (Å²) in [6, 6.07) is 1.47. The van der Waals surface area contributed by atoms with Gasteiger partial charge >= 0.3 is 57.4 Å². The van der Waals surface area contributed by atoms with Crippen molar-refractivity contribution in [2.75, 3.05) is 13.7 Å². The second-order valence-electron chi connectivity index (χ2n) is 3.90. The number of nitrogens with zero attached hydrogens (tertiary/aromatic N) is 2. The van der Waals surface area contributed by atoms with Crippen LogP contribution in [0.3, 0.4) is 0 Å². The zero-order valence-electron chi connectivity index (χ0n) is 11.1. The minimum absolute atomic E-state index is 0. The Morgan fingerprint density at radius 2 is 1.81 bits per heavy atom. The van der Waals surface area contributed by atoms with Gasteiger partial charge in [0.1, 0.15) is 6.54 Å². The van der Waals surface area contributed by atoms with E-state index in [2.05, 4.69) is 4.74 Å². The molecule has 0 aliphatic carbocycles. The summed E-state index contributed by atoms with van der Waals surface area (Å²) in [6.45, 7) is -0.620. The molecule has 0 bridgehead atoms. The molecule has 1 aromatic rings. The van der Waals surface area contributed by atoms with Gasteiger partial charge < -0.3 is 9.84 Å². The third-order valence-electron chi connectivity index (χ3n) is 2.76. The molecule has 0 spiro atoms. The summed E-state index contributed by atoms with van der Waals surface area (Å²) in [4.78, 5) is 45.2. The molecule has 21 heavy (non-hydrogen) atoms. The van der Waals surface area contributed by atoms with Crippen LogP contribution in [0.4, 0.5) is 5.69 Å². The molecule has 1 aromatic carbocycles. The van der Waals surface area contributed by atoms with Gasteiger partial charge in [-0.3, -0.25) is 29.4 Å². The molecule has 0 fully saturated rings. The van der Waals surface area contributed by atoms with Crippen molar-refractivity contribution in [1.29, 1.82) is 0 Å². The first-order chi connectivity index (χ1) is 9.36. The van der Waals surface area contributed by atoms with Crippen molar-refractivity contribution < 1.29 is 80.5 Å². The predicted molar refractivity (Wildman–Crippen MR) is 59.9 cm³/mol. The zero-order valence-corrected chi connectivity index (χ0v) is 14.2. The third kappa shape index (κ3) is 3.14. The maximum Gasteiger partial charge on any atom is 1.00 e. The maximum absolute atomic E-state index is 11.9. The Labute approximate surface area is 160 Å². The predicted octanol–water partition coefficient (Wildman–Crippen LogP) is -3.56. The number of carbonyl (C=O) groups excluding carboxylic acids is 3. The average Bonchev–Trinajstić information content (AvgIpc) is 2.62. The Bertz CT molecular complexity index is 658. The summed E-state index contributed by atoms with van der Waals surface area (Å²) in [5, 5.41) is 22.1. The Morgan fingerprint density at radius 1 is 1.29 bits per heavy atom. The number of ether oxygens (including phenoxy) is 1. The number of rotatable bonds is 3. The van der Waals surface area contributed by atoms with E-state index in [0.717, 1.165) is 19.2 Å². The Morgan fingerprint density at radius 3 is 2.29 bits per heavy atom. The van der Waals surface area contributed by atoms with Crippen molar-refractivity contribution in [3.8, 4) is 5.75 Å². The van der Waals surface area contributed by atoms with Crippen LogP contribution in [0.2, 0.25) is 0 Å². The van der Waals surface area contributed by atoms with Gasteiger partial charge in [-0.2, -0.15) is 0 Å². The van der Waals surface area contributed by atoms with E-state index in [-0.39, 0.29) is 62.5 Å². The fourth-order valence-corrected chi connectivity index (χ4v) is 1.79. The number of fused-ring (bicyclic) bond motifs is 1. The largest absolute Gasteiger partial charge is 1.00 e. The van der Waals surface area contributed by atoms with E-state index < -0.39 is 40.7 Å². The van der Waals surface area contributed by atoms with E-state index in [4.69, 9.17) is 0 Å². The fourth-order valence-electron chi connectivity index (χ4n) is 1.79. The molecular weight excluding hydrogens is 311 g/mol. The topological polar surface area (TPSA) is 130 Å². The van der Waals surface area contributed by atoms with E-state index in [1.807, 2.05) is 0 Å². The van der Waals surface area contributed by atoms with Crippen molar-refractivity contribution in [2.24, 2.45) is 0 Å². The summed E-state index contributed by atoms with van der Waals surface area (Å²) in [6.07, 6.45) is 0. The van der Waals surface area contributed by atoms with Crippen LogP contribution in [-0.2, 0) is 9.53 Å². The van der Waals surface area contributed by atoms with Gasteiger partial charge in [0.2, 0.25) is 0 Å². The van der Waals surface area contributed by atoms with Gasteiger partial charge in [0.25, 0.3) is 17.5 Å². The van der Waals surface area contributed by atoms with Gasteiger partial charge in [-0.1, -0.05) is 0 Å². The molecule has 9 nitrogen and oxygen atoms in total. The van der Waals surface area contributed by atoms with Crippen molar-refractivity contribution in [1.82, 2.24) is 4.90 Å². The van der Waals surface area contributed by atoms with Crippen molar-refractivity contribution in [2.45, 2.75) is 0 Å². The zero-order chi connectivity index (χ0) is 15.0. The average molecular weight is 318 g/mol. The van der Waals surface area contributed by atoms with Crippen molar-refractivity contribution >= 4 is 23.5 Å². The van der Waals surface area contributed by atoms with Crippen LogP contribution in [0, 0.1) is 10.1 Å². The summed E-state index contributed by atoms with van der Waals surface area (Å²) in [5.74, 6) is -3.54. The quantitative estimate of drug-likeness (QED) is 0.185. The summed E-state index contributed by atoms with van der Waals surface area (Å²) < 4.78 is 4.34. The van der Waals surface area contributed by atoms with Gasteiger partial charge in [-0.25, -0.2) is 0 Å². The van der Waals surface area contributed by atoms with Gasteiger partial charge in [0.15, 0.2) is 0 Å². The number of hydrogen-bond acceptors (Lipinski definition) is 7. The third-order valence-corrected chi connectivity index (χ3v) is 2.76. The van der Waals surface area contributed by atoms with Gasteiger partial charge in [-0.05, 0) is 11.8 Å². The van der Waals surface area contributed by atoms with Crippen molar-refractivity contribution in [3.63, 3.8) is 0 Å². The molecule has 1 aliphatic heterocycles. The number of nitro groups is 1. The molecule has 2 amide bonds. The molecule has 0 radical (unpaired) electrons. The smallest absolute Gasteiger partial charge is 0.868 e. The van der Waals surface area contributed by atoms with Crippen LogP contribution in [0.5, 0.6) is 5.75 Å². The fraction of sp³-hybridized carbons (Fsp3) is 0.182. The Hall–Kier alpha value is -1.33. The van der Waals surface area contributed by atoms with E-state index in [1.54, 1.807) is 0 Å². The molecule has 2 rings (SSSR count). The number of amides is 2. The van der Waals surface area contributed by atoms with Crippen LogP contribution in [0.1, 0.15) is 20.7 Å². The van der Waals surface area contributed by atoms with Crippen LogP contribution in [0.15, 0.2) is 12.1 Å². The first-order valence-electron chi connectivity index (χ1n) is 5.29. The van der Waals surface area contributed by atoms with Crippen LogP contribution >= 0.6 is 0 Å². The summed E-state index contributed by atoms with van der Waals surface area (Å²) >= 11 is 0. The molecule has 1 aliphatic rings. The first kappa shape index (κ1) is 17.7. The number of benzene rings is 1. The molecule has 1 heterocycles. The summed E-state index contributed by atoms with van der Waals surface area (Å²) in [5.41, 5.74) is -1.33. The minimum atomic E-state index is -0.977. The Kier molecular flexibility index (Phi) is 5.58. The standard InChI is InChI=1S/C11H8N2O7.K/c1-20-9(15)4-12-10(16)5-2-7(13(18)19)8(14)3-6(5)11(12)17;/h2-3,14H,4H2,1H3;/q;+1/p-1. The molecular formula is C11H7KN2O7. The molecule has 0 N–H and O–H groups in total. The van der Waals surface area contributed by atoms with Crippen molar-refractivity contribution in [3.05, 3.63) is 33.4 Å². The molecule has 0 unspecified atom stereocenters. The van der Waals surface area contributed by atoms with E-state index in [0.29, 0.717) is 4.90 Å². The molecule has 0 saturated heterocycles. The number of hydrogen-bond donors (Lipinski definition) is 0. The van der Waals surface area contributed by atoms with E-state index in [1.165, 1.54) is 0 Å². The molecule has 0 saturated carbocycles. The number of esters is 1.